The van der Waals surface area contributed by atoms with E-state index in [9.17, 15) is 9.59 Å². The molecule has 0 aromatic rings. The molecule has 0 aromatic carbocycles. The van der Waals surface area contributed by atoms with Crippen molar-refractivity contribution in [3.63, 3.8) is 0 Å². The van der Waals surface area contributed by atoms with Gasteiger partial charge in [-0.15, -0.1) is 0 Å². The summed E-state index contributed by atoms with van der Waals surface area (Å²) in [5.74, 6) is -0.875. The minimum atomic E-state index is -1.82. The Bertz CT molecular complexity index is 157. The summed E-state index contributed by atoms with van der Waals surface area (Å²) in [5, 5.41) is 0. The van der Waals surface area contributed by atoms with Gasteiger partial charge in [0.1, 0.15) is 0 Å². The molecular formula is C7H10Cl2O2. The van der Waals surface area contributed by atoms with Gasteiger partial charge in [-0.2, -0.15) is 0 Å². The van der Waals surface area contributed by atoms with E-state index in [0.29, 0.717) is 0 Å². The van der Waals surface area contributed by atoms with Crippen molar-refractivity contribution in [2.75, 3.05) is 0 Å². The maximum Gasteiger partial charge on any atom is 0.233 e. The van der Waals surface area contributed by atoms with Crippen LogP contribution < -0.4 is 0 Å². The second kappa shape index (κ2) is 4.07. The molecule has 2 nitrogen and oxygen atoms in total. The van der Waals surface area contributed by atoms with Crippen molar-refractivity contribution in [1.29, 1.82) is 0 Å². The van der Waals surface area contributed by atoms with E-state index in [2.05, 4.69) is 0 Å². The third-order valence-corrected chi connectivity index (χ3v) is 2.19. The molecule has 0 aliphatic carbocycles. The molecule has 0 aliphatic heterocycles. The Morgan fingerprint density at radius 2 is 1.36 bits per heavy atom. The summed E-state index contributed by atoms with van der Waals surface area (Å²) in [6.45, 7) is 3.23. The van der Waals surface area contributed by atoms with Gasteiger partial charge in [0, 0.05) is 12.8 Å². The lowest BCUT2D eigenvalue weighted by atomic mass is 10.1. The molecule has 0 bridgehead atoms. The molecule has 0 saturated heterocycles. The number of rotatable bonds is 4. The predicted octanol–water partition coefficient (Wildman–Crippen LogP) is 2.12. The van der Waals surface area contributed by atoms with E-state index in [-0.39, 0.29) is 12.8 Å². The molecule has 0 heterocycles. The molecule has 0 N–H and O–H groups in total. The lowest BCUT2D eigenvalue weighted by Crippen LogP contribution is -2.34. The minimum Gasteiger partial charge on any atom is -0.296 e. The average Bonchev–Trinajstić information content (AvgIpc) is 2.01. The number of carbonyl (C=O) groups excluding carboxylic acids is 2. The van der Waals surface area contributed by atoms with Gasteiger partial charge in [0.15, 0.2) is 11.6 Å². The summed E-state index contributed by atoms with van der Waals surface area (Å²) in [5.41, 5.74) is 0. The quantitative estimate of drug-likeness (QED) is 0.510. The zero-order valence-electron chi connectivity index (χ0n) is 6.49. The molecule has 0 radical (unpaired) electrons. The number of Topliss-reactive ketones (excluding diaryl/α,β-unsaturated/α-hetero) is 2. The fourth-order valence-electron chi connectivity index (χ4n) is 0.600. The van der Waals surface area contributed by atoms with Gasteiger partial charge in [0.05, 0.1) is 0 Å². The molecule has 4 heteroatoms. The topological polar surface area (TPSA) is 34.1 Å². The molecule has 0 fully saturated rings. The lowest BCUT2D eigenvalue weighted by Gasteiger charge is -2.13. The molecule has 0 atom stereocenters. The van der Waals surface area contributed by atoms with Gasteiger partial charge >= 0.3 is 0 Å². The lowest BCUT2D eigenvalue weighted by molar-refractivity contribution is -0.127. The van der Waals surface area contributed by atoms with Crippen molar-refractivity contribution in [3.8, 4) is 0 Å². The Kier molecular flexibility index (Phi) is 4.04. The number of ketones is 2. The predicted molar refractivity (Wildman–Crippen MR) is 45.0 cm³/mol. The highest BCUT2D eigenvalue weighted by Crippen LogP contribution is 2.25. The number of hydrogen-bond acceptors (Lipinski definition) is 2. The first kappa shape index (κ1) is 10.9. The van der Waals surface area contributed by atoms with Crippen LogP contribution >= 0.6 is 23.2 Å². The van der Waals surface area contributed by atoms with Crippen LogP contribution in [-0.4, -0.2) is 15.9 Å². The fourth-order valence-corrected chi connectivity index (χ4v) is 1.13. The SMILES string of the molecule is CCC(=O)C(Cl)(Cl)C(=O)CC. The first-order valence-corrected chi connectivity index (χ1v) is 4.16. The highest BCUT2D eigenvalue weighted by Gasteiger charge is 2.38. The van der Waals surface area contributed by atoms with Crippen LogP contribution in [0.25, 0.3) is 0 Å². The highest BCUT2D eigenvalue weighted by atomic mass is 35.5. The zero-order valence-corrected chi connectivity index (χ0v) is 8.00. The second-order valence-electron chi connectivity index (χ2n) is 2.13. The van der Waals surface area contributed by atoms with Gasteiger partial charge < -0.3 is 0 Å². The van der Waals surface area contributed by atoms with Crippen LogP contribution in [0.5, 0.6) is 0 Å². The molecular weight excluding hydrogens is 187 g/mol. The van der Waals surface area contributed by atoms with Crippen LogP contribution in [-0.2, 0) is 9.59 Å². The molecule has 0 amide bonds. The molecule has 0 aromatic heterocycles. The van der Waals surface area contributed by atoms with Crippen LogP contribution in [0, 0.1) is 0 Å². The van der Waals surface area contributed by atoms with Gasteiger partial charge in [-0.1, -0.05) is 37.0 Å². The zero-order chi connectivity index (χ0) is 9.07. The summed E-state index contributed by atoms with van der Waals surface area (Å²) in [6, 6.07) is 0. The summed E-state index contributed by atoms with van der Waals surface area (Å²) in [6.07, 6.45) is 0.359. The van der Waals surface area contributed by atoms with Crippen molar-refractivity contribution in [2.45, 2.75) is 31.0 Å². The van der Waals surface area contributed by atoms with Gasteiger partial charge in [-0.25, -0.2) is 0 Å². The van der Waals surface area contributed by atoms with Crippen LogP contribution in [0.15, 0.2) is 0 Å². The minimum absolute atomic E-state index is 0.179. The van der Waals surface area contributed by atoms with E-state index < -0.39 is 15.9 Å². The Hall–Kier alpha value is -0.0800. The number of carbonyl (C=O) groups is 2. The normalized spacial score (nSPS) is 11.3. The van der Waals surface area contributed by atoms with Crippen molar-refractivity contribution in [1.82, 2.24) is 0 Å². The largest absolute Gasteiger partial charge is 0.296 e. The van der Waals surface area contributed by atoms with E-state index >= 15 is 0 Å². The monoisotopic (exact) mass is 196 g/mol. The average molecular weight is 197 g/mol. The van der Waals surface area contributed by atoms with Crippen LogP contribution in [0.4, 0.5) is 0 Å². The van der Waals surface area contributed by atoms with Crippen LogP contribution in [0.2, 0.25) is 0 Å². The summed E-state index contributed by atoms with van der Waals surface area (Å²) in [4.78, 5) is 21.9. The Morgan fingerprint density at radius 1 is 1.09 bits per heavy atom. The van der Waals surface area contributed by atoms with E-state index in [0.717, 1.165) is 0 Å². The van der Waals surface area contributed by atoms with E-state index in [1.807, 2.05) is 0 Å². The molecule has 0 saturated carbocycles. The molecule has 0 rings (SSSR count). The Balaban J connectivity index is 4.44. The molecule has 0 spiro atoms. The third-order valence-electron chi connectivity index (χ3n) is 1.34. The van der Waals surface area contributed by atoms with Crippen molar-refractivity contribution >= 4 is 34.8 Å². The third kappa shape index (κ3) is 2.46. The number of hydrogen-bond donors (Lipinski definition) is 0. The first-order valence-electron chi connectivity index (χ1n) is 3.41. The van der Waals surface area contributed by atoms with Crippen molar-refractivity contribution in [2.24, 2.45) is 0 Å². The fraction of sp³-hybridized carbons (Fsp3) is 0.714. The van der Waals surface area contributed by atoms with Gasteiger partial charge in [-0.3, -0.25) is 9.59 Å². The van der Waals surface area contributed by atoms with Crippen molar-refractivity contribution in [3.05, 3.63) is 0 Å². The Morgan fingerprint density at radius 3 is 1.55 bits per heavy atom. The van der Waals surface area contributed by atoms with Crippen LogP contribution in [0.3, 0.4) is 0 Å². The molecule has 64 valence electrons. The summed E-state index contributed by atoms with van der Waals surface area (Å²) < 4.78 is -1.82. The maximum atomic E-state index is 10.9. The van der Waals surface area contributed by atoms with Gasteiger partial charge in [0.25, 0.3) is 0 Å². The van der Waals surface area contributed by atoms with E-state index in [1.165, 1.54) is 0 Å². The van der Waals surface area contributed by atoms with Gasteiger partial charge in [-0.05, 0) is 0 Å². The summed E-state index contributed by atoms with van der Waals surface area (Å²) in [7, 11) is 0. The van der Waals surface area contributed by atoms with Crippen molar-refractivity contribution < 1.29 is 9.59 Å². The molecule has 11 heavy (non-hydrogen) atoms. The first-order chi connectivity index (χ1) is 4.96. The standard InChI is InChI=1S/C7H10Cl2O2/c1-3-5(10)7(8,9)6(11)4-2/h3-4H2,1-2H3. The number of alkyl halides is 2. The second-order valence-corrected chi connectivity index (χ2v) is 3.46. The highest BCUT2D eigenvalue weighted by molar-refractivity contribution is 6.68. The smallest absolute Gasteiger partial charge is 0.233 e. The van der Waals surface area contributed by atoms with Crippen LogP contribution in [0.1, 0.15) is 26.7 Å². The molecule has 0 unspecified atom stereocenters. The number of halogens is 2. The molecule has 0 aliphatic rings. The Labute approximate surface area is 75.9 Å². The van der Waals surface area contributed by atoms with E-state index in [4.69, 9.17) is 23.2 Å². The summed E-state index contributed by atoms with van der Waals surface area (Å²) >= 11 is 11.0. The maximum absolute atomic E-state index is 10.9. The van der Waals surface area contributed by atoms with E-state index in [1.54, 1.807) is 13.8 Å². The van der Waals surface area contributed by atoms with Gasteiger partial charge in [0.2, 0.25) is 4.33 Å².